The minimum Gasteiger partial charge on any atom is -0.458 e. The molecule has 0 aliphatic carbocycles. The summed E-state index contributed by atoms with van der Waals surface area (Å²) in [6.07, 6.45) is 7.73. The molecule has 5 rings (SSSR count). The molecule has 2 bridgehead atoms. The van der Waals surface area contributed by atoms with Crippen molar-refractivity contribution in [1.82, 2.24) is 14.8 Å². The van der Waals surface area contributed by atoms with Crippen molar-refractivity contribution in [3.63, 3.8) is 0 Å². The summed E-state index contributed by atoms with van der Waals surface area (Å²) in [4.78, 5) is 32.4. The molecule has 1 amide bonds. The summed E-state index contributed by atoms with van der Waals surface area (Å²) in [7, 11) is 0. The van der Waals surface area contributed by atoms with Crippen molar-refractivity contribution in [3.8, 4) is 0 Å². The summed E-state index contributed by atoms with van der Waals surface area (Å²) in [6, 6.07) is 4.48. The van der Waals surface area contributed by atoms with Gasteiger partial charge in [-0.15, -0.1) is 0 Å². The highest BCUT2D eigenvalue weighted by atomic mass is 16.5. The van der Waals surface area contributed by atoms with Gasteiger partial charge in [-0.2, -0.15) is 0 Å². The van der Waals surface area contributed by atoms with E-state index in [-0.39, 0.29) is 12.1 Å². The molecule has 1 aromatic heterocycles. The van der Waals surface area contributed by atoms with Gasteiger partial charge >= 0.3 is 5.97 Å². The number of piperidine rings is 4. The molecule has 6 heteroatoms. The molecule has 1 N–H and O–H groups in total. The molecule has 1 aromatic rings. The summed E-state index contributed by atoms with van der Waals surface area (Å²) >= 11 is 0. The van der Waals surface area contributed by atoms with E-state index >= 15 is 0 Å². The number of esters is 1. The van der Waals surface area contributed by atoms with E-state index in [1.807, 2.05) is 6.07 Å². The second-order valence-corrected chi connectivity index (χ2v) is 8.46. The number of aromatic amines is 1. The monoisotopic (exact) mass is 357 g/mol. The fourth-order valence-corrected chi connectivity index (χ4v) is 5.83. The SMILES string of the molecule is O=C(O[C@H]1CCN2C[C@@H]3C[C@@H](CN4C(=O)CCC[C@H]34)[C@@H]2C1)c1ccc[nH]1. The van der Waals surface area contributed by atoms with Crippen molar-refractivity contribution < 1.29 is 14.3 Å². The number of rotatable bonds is 2. The largest absolute Gasteiger partial charge is 0.458 e. The zero-order valence-corrected chi connectivity index (χ0v) is 15.1. The van der Waals surface area contributed by atoms with Gasteiger partial charge in [0, 0.05) is 50.8 Å². The molecule has 4 saturated heterocycles. The smallest absolute Gasteiger partial charge is 0.355 e. The highest BCUT2D eigenvalue weighted by molar-refractivity contribution is 5.87. The maximum Gasteiger partial charge on any atom is 0.355 e. The van der Waals surface area contributed by atoms with Gasteiger partial charge in [0.1, 0.15) is 11.8 Å². The number of nitrogens with one attached hydrogen (secondary N) is 1. The fourth-order valence-electron chi connectivity index (χ4n) is 5.83. The first-order valence-corrected chi connectivity index (χ1v) is 10.1. The number of ether oxygens (including phenoxy) is 1. The van der Waals surface area contributed by atoms with Gasteiger partial charge in [0.2, 0.25) is 5.91 Å². The Kier molecular flexibility index (Phi) is 4.03. The Balaban J connectivity index is 1.28. The second-order valence-electron chi connectivity index (χ2n) is 8.46. The van der Waals surface area contributed by atoms with Crippen LogP contribution in [0.25, 0.3) is 0 Å². The zero-order chi connectivity index (χ0) is 17.7. The van der Waals surface area contributed by atoms with Gasteiger partial charge in [-0.1, -0.05) is 0 Å². The maximum atomic E-state index is 12.4. The van der Waals surface area contributed by atoms with Gasteiger partial charge in [0.15, 0.2) is 0 Å². The Morgan fingerprint density at radius 1 is 1.15 bits per heavy atom. The molecule has 6 nitrogen and oxygen atoms in total. The molecule has 0 unspecified atom stereocenters. The lowest BCUT2D eigenvalue weighted by Gasteiger charge is -2.57. The first-order chi connectivity index (χ1) is 12.7. The number of H-pyrrole nitrogens is 1. The summed E-state index contributed by atoms with van der Waals surface area (Å²) in [6.45, 7) is 3.01. The third-order valence-corrected chi connectivity index (χ3v) is 7.01. The molecule has 5 atom stereocenters. The van der Waals surface area contributed by atoms with Crippen molar-refractivity contribution in [2.24, 2.45) is 11.8 Å². The van der Waals surface area contributed by atoms with E-state index in [1.165, 1.54) is 12.8 Å². The van der Waals surface area contributed by atoms with Gasteiger partial charge < -0.3 is 14.6 Å². The van der Waals surface area contributed by atoms with Gasteiger partial charge in [0.25, 0.3) is 0 Å². The van der Waals surface area contributed by atoms with E-state index < -0.39 is 0 Å². The highest BCUT2D eigenvalue weighted by Gasteiger charge is 2.49. The molecule has 4 aliphatic heterocycles. The number of hydrogen-bond acceptors (Lipinski definition) is 4. The predicted octanol–water partition coefficient (Wildman–Crippen LogP) is 2.04. The van der Waals surface area contributed by atoms with Crippen molar-refractivity contribution in [3.05, 3.63) is 24.0 Å². The number of aromatic nitrogens is 1. The molecule has 0 spiro atoms. The van der Waals surface area contributed by atoms with E-state index in [0.717, 1.165) is 45.3 Å². The molecule has 0 saturated carbocycles. The van der Waals surface area contributed by atoms with Crippen molar-refractivity contribution in [2.75, 3.05) is 19.6 Å². The van der Waals surface area contributed by atoms with Crippen LogP contribution in [-0.4, -0.2) is 64.5 Å². The number of carbonyl (C=O) groups excluding carboxylic acids is 2. The van der Waals surface area contributed by atoms with Crippen LogP contribution < -0.4 is 0 Å². The molecular formula is C20H27N3O3. The molecule has 0 radical (unpaired) electrons. The van der Waals surface area contributed by atoms with Crippen LogP contribution in [0.2, 0.25) is 0 Å². The standard InChI is InChI=1S/C20H27N3O3/c24-19-5-1-4-17-13-9-14(12-23(17)19)18-10-15(6-8-22(18)11-13)26-20(25)16-3-2-7-21-16/h2-3,7,13-15,17-18,21H,1,4-6,8-12H2/t13-,14-,15-,17+,18-/m0/s1. The van der Waals surface area contributed by atoms with Crippen molar-refractivity contribution in [2.45, 2.75) is 56.7 Å². The Morgan fingerprint density at radius 2 is 2.04 bits per heavy atom. The second kappa shape index (κ2) is 6.41. The highest BCUT2D eigenvalue weighted by Crippen LogP contribution is 2.43. The summed E-state index contributed by atoms with van der Waals surface area (Å²) in [5, 5.41) is 0. The quantitative estimate of drug-likeness (QED) is 0.823. The Bertz CT molecular complexity index is 688. The number of nitrogens with zero attached hydrogens (tertiary/aromatic N) is 2. The lowest BCUT2D eigenvalue weighted by molar-refractivity contribution is -0.150. The maximum absolute atomic E-state index is 12.4. The Morgan fingerprint density at radius 3 is 2.88 bits per heavy atom. The minimum absolute atomic E-state index is 0.0154. The molecule has 26 heavy (non-hydrogen) atoms. The molecule has 4 aliphatic rings. The Hall–Kier alpha value is -1.82. The van der Waals surface area contributed by atoms with E-state index in [4.69, 9.17) is 4.74 Å². The van der Waals surface area contributed by atoms with Crippen LogP contribution in [0, 0.1) is 11.8 Å². The van der Waals surface area contributed by atoms with Crippen LogP contribution in [0.3, 0.4) is 0 Å². The molecule has 4 fully saturated rings. The van der Waals surface area contributed by atoms with Crippen molar-refractivity contribution in [1.29, 1.82) is 0 Å². The lowest BCUT2D eigenvalue weighted by atomic mass is 9.70. The van der Waals surface area contributed by atoms with Crippen LogP contribution in [0.15, 0.2) is 18.3 Å². The summed E-state index contributed by atoms with van der Waals surface area (Å²) < 4.78 is 5.77. The summed E-state index contributed by atoms with van der Waals surface area (Å²) in [5.41, 5.74) is 0.524. The van der Waals surface area contributed by atoms with Crippen LogP contribution in [0.1, 0.15) is 49.0 Å². The normalized spacial score (nSPS) is 37.0. The Labute approximate surface area is 153 Å². The minimum atomic E-state index is -0.253. The van der Waals surface area contributed by atoms with E-state index in [2.05, 4.69) is 14.8 Å². The van der Waals surface area contributed by atoms with Crippen molar-refractivity contribution >= 4 is 11.9 Å². The molecular weight excluding hydrogens is 330 g/mol. The van der Waals surface area contributed by atoms with E-state index in [1.54, 1.807) is 12.3 Å². The number of hydrogen-bond donors (Lipinski definition) is 1. The summed E-state index contributed by atoms with van der Waals surface area (Å²) in [5.74, 6) is 1.26. The molecule has 0 aromatic carbocycles. The number of carbonyl (C=O) groups is 2. The fraction of sp³-hybridized carbons (Fsp3) is 0.700. The van der Waals surface area contributed by atoms with Gasteiger partial charge in [-0.3, -0.25) is 9.69 Å². The third-order valence-electron chi connectivity index (χ3n) is 7.01. The van der Waals surface area contributed by atoms with Gasteiger partial charge in [-0.05, 0) is 49.7 Å². The number of amides is 1. The van der Waals surface area contributed by atoms with Crippen LogP contribution in [-0.2, 0) is 9.53 Å². The van der Waals surface area contributed by atoms with Gasteiger partial charge in [0.05, 0.1) is 0 Å². The lowest BCUT2D eigenvalue weighted by Crippen LogP contribution is -2.65. The topological polar surface area (TPSA) is 65.6 Å². The van der Waals surface area contributed by atoms with E-state index in [9.17, 15) is 9.59 Å². The average molecular weight is 357 g/mol. The van der Waals surface area contributed by atoms with Crippen LogP contribution in [0.4, 0.5) is 0 Å². The van der Waals surface area contributed by atoms with Gasteiger partial charge in [-0.25, -0.2) is 4.79 Å². The first kappa shape index (κ1) is 16.4. The number of fused-ring (bicyclic) bond motifs is 6. The van der Waals surface area contributed by atoms with Crippen LogP contribution >= 0.6 is 0 Å². The van der Waals surface area contributed by atoms with Crippen LogP contribution in [0.5, 0.6) is 0 Å². The average Bonchev–Trinajstić information content (AvgIpc) is 3.18. The zero-order valence-electron chi connectivity index (χ0n) is 15.1. The third kappa shape index (κ3) is 2.75. The first-order valence-electron chi connectivity index (χ1n) is 10.1. The molecule has 5 heterocycles. The molecule has 140 valence electrons. The van der Waals surface area contributed by atoms with E-state index in [0.29, 0.717) is 35.5 Å². The predicted molar refractivity (Wildman–Crippen MR) is 95.5 cm³/mol.